The van der Waals surface area contributed by atoms with Crippen LogP contribution in [0.2, 0.25) is 0 Å². The van der Waals surface area contributed by atoms with E-state index in [0.717, 1.165) is 131 Å². The second-order valence-corrected chi connectivity index (χ2v) is 32.5. The summed E-state index contributed by atoms with van der Waals surface area (Å²) >= 11 is 4.60. The van der Waals surface area contributed by atoms with Crippen LogP contribution in [-0.2, 0) is 48.8 Å². The van der Waals surface area contributed by atoms with Crippen molar-refractivity contribution in [3.63, 3.8) is 0 Å². The van der Waals surface area contributed by atoms with Gasteiger partial charge < -0.3 is 34.7 Å². The van der Waals surface area contributed by atoms with Crippen molar-refractivity contribution in [1.82, 2.24) is 34.5 Å². The maximum Gasteiger partial charge on any atom is 0.322 e. The molecule has 101 heavy (non-hydrogen) atoms. The van der Waals surface area contributed by atoms with Gasteiger partial charge in [0.15, 0.2) is 5.75 Å². The number of fused-ring (bicyclic) bond motifs is 3. The molecule has 4 heterocycles. The summed E-state index contributed by atoms with van der Waals surface area (Å²) in [6.07, 6.45) is 9.49. The van der Waals surface area contributed by atoms with Gasteiger partial charge in [-0.05, 0) is 192 Å². The first-order valence-electron chi connectivity index (χ1n) is 33.5. The number of methoxy groups -OCH3 is 1. The number of aliphatic hydroxyl groups is 1. The predicted octanol–water partition coefficient (Wildman–Crippen LogP) is 13.2. The Kier molecular flexibility index (Phi) is 23.6. The summed E-state index contributed by atoms with van der Waals surface area (Å²) in [4.78, 5) is 24.7. The molecule has 0 amide bonds. The third-order valence-electron chi connectivity index (χ3n) is 17.6. The van der Waals surface area contributed by atoms with Crippen LogP contribution in [0, 0.1) is 34.0 Å². The standard InChI is InChI=1S/C29H34N4O4S2.C25H25N3O5S2.C21H20N4OS/c1-19(2)37-27-9-6-20(16-21(27)17-30)29-31-18-28(38-29)25-5-3-4-24-23(25)7-8-26(24)32-39(35,36)15-14-33-12-10-22(34)11-13-33;1-15(2)33-22-10-7-16(11-17(22)12-26)25-27-13-23(34-25)20-6-4-5-19-18(20)8-9-21(19)28-35(30,31)14-24(29)32-3;1-12(2)26-19-9-6-13(10-14(19)11-22)20-24-25-21(27-20)17-5-3-4-16-15(17)7-8-18(16)23/h3-6,9,16,18-19,22,26,32,34H,7-8,10-15H2,1-2H3;4-7,10-11,13,15,21,28H,8-9,14H2,1-3H3;3-6,9-10,12,18H,7-8,23H2,1-2H3/t26-;21-;18-/m011/s1. The van der Waals surface area contributed by atoms with Crippen molar-refractivity contribution >= 4 is 60.0 Å². The largest absolute Gasteiger partial charge is 0.490 e. The minimum absolute atomic E-state index is 0.0163. The highest BCUT2D eigenvalue weighted by atomic mass is 32.2. The van der Waals surface area contributed by atoms with Crippen LogP contribution in [0.3, 0.4) is 0 Å². The Bertz CT molecular complexity index is 4870. The summed E-state index contributed by atoms with van der Waals surface area (Å²) in [5.74, 6) is 0.250. The summed E-state index contributed by atoms with van der Waals surface area (Å²) in [7, 11) is -6.11. The Morgan fingerprint density at radius 1 is 0.574 bits per heavy atom. The molecule has 0 radical (unpaired) electrons. The van der Waals surface area contributed by atoms with Crippen LogP contribution >= 0.6 is 34.0 Å². The number of nitrogens with two attached hydrogens (primary N) is 1. The van der Waals surface area contributed by atoms with E-state index < -0.39 is 37.8 Å². The molecule has 13 rings (SSSR count). The molecule has 0 unspecified atom stereocenters. The summed E-state index contributed by atoms with van der Waals surface area (Å²) in [6, 6.07) is 40.7. The molecule has 0 saturated carbocycles. The lowest BCUT2D eigenvalue weighted by atomic mass is 10.0. The van der Waals surface area contributed by atoms with Crippen LogP contribution in [0.4, 0.5) is 0 Å². The van der Waals surface area contributed by atoms with Crippen LogP contribution in [-0.4, -0.2) is 116 Å². The van der Waals surface area contributed by atoms with E-state index in [1.54, 1.807) is 29.7 Å². The van der Waals surface area contributed by atoms with E-state index in [-0.39, 0.29) is 42.3 Å². The van der Waals surface area contributed by atoms with Gasteiger partial charge >= 0.3 is 5.97 Å². The molecule has 524 valence electrons. The number of carbonyl (C=O) groups excluding carboxylic acids is 1. The van der Waals surface area contributed by atoms with Gasteiger partial charge in [0.1, 0.15) is 55.5 Å². The highest BCUT2D eigenvalue weighted by Crippen LogP contribution is 2.45. The zero-order valence-electron chi connectivity index (χ0n) is 57.1. The van der Waals surface area contributed by atoms with Crippen LogP contribution in [0.25, 0.3) is 63.2 Å². The second-order valence-electron chi connectivity index (χ2n) is 25.9. The molecule has 6 aromatic carbocycles. The van der Waals surface area contributed by atoms with Gasteiger partial charge in [0.05, 0.1) is 63.7 Å². The molecule has 1 saturated heterocycles. The zero-order chi connectivity index (χ0) is 71.7. The minimum atomic E-state index is -3.82. The molecule has 5 N–H and O–H groups in total. The lowest BCUT2D eigenvalue weighted by Crippen LogP contribution is -2.40. The number of carbonyl (C=O) groups is 1. The maximum absolute atomic E-state index is 12.9. The van der Waals surface area contributed by atoms with Gasteiger partial charge in [-0.2, -0.15) is 15.8 Å². The van der Waals surface area contributed by atoms with Crippen molar-refractivity contribution in [2.24, 2.45) is 5.73 Å². The molecule has 1 fully saturated rings. The Hall–Kier alpha value is -8.82. The van der Waals surface area contributed by atoms with Gasteiger partial charge in [0.2, 0.25) is 20.0 Å². The number of likely N-dealkylation sites (tertiary alicyclic amines) is 1. The number of nitrogens with zero attached hydrogens (tertiary/aromatic N) is 8. The number of hydrogen-bond acceptors (Lipinski definition) is 22. The van der Waals surface area contributed by atoms with E-state index in [0.29, 0.717) is 66.2 Å². The van der Waals surface area contributed by atoms with Gasteiger partial charge in [0, 0.05) is 72.4 Å². The molecule has 0 spiro atoms. The predicted molar refractivity (Wildman–Crippen MR) is 393 cm³/mol. The number of thiazole rings is 2. The van der Waals surface area contributed by atoms with Crippen molar-refractivity contribution < 1.29 is 45.7 Å². The molecule has 9 aromatic rings. The van der Waals surface area contributed by atoms with Crippen molar-refractivity contribution in [3.8, 4) is 98.6 Å². The third kappa shape index (κ3) is 17.9. The fourth-order valence-electron chi connectivity index (χ4n) is 12.9. The summed E-state index contributed by atoms with van der Waals surface area (Å²) in [6.45, 7) is 13.5. The lowest BCUT2D eigenvalue weighted by molar-refractivity contribution is -0.137. The van der Waals surface area contributed by atoms with E-state index in [9.17, 15) is 42.5 Å². The smallest absolute Gasteiger partial charge is 0.322 e. The van der Waals surface area contributed by atoms with Crippen LogP contribution in [0.5, 0.6) is 17.2 Å². The first-order valence-corrected chi connectivity index (χ1v) is 39.2. The lowest BCUT2D eigenvalue weighted by Gasteiger charge is -2.29. The first-order chi connectivity index (χ1) is 48.5. The number of rotatable bonds is 21. The quantitative estimate of drug-likeness (QED) is 0.0486. The molecule has 3 aromatic heterocycles. The van der Waals surface area contributed by atoms with Crippen molar-refractivity contribution in [2.45, 2.75) is 135 Å². The minimum Gasteiger partial charge on any atom is -0.490 e. The number of aromatic nitrogens is 4. The van der Waals surface area contributed by atoms with Crippen molar-refractivity contribution in [1.29, 1.82) is 15.8 Å². The summed E-state index contributed by atoms with van der Waals surface area (Å²) < 4.78 is 77.8. The fraction of sp³-hybridized carbons (Fsp3) is 0.360. The van der Waals surface area contributed by atoms with Crippen molar-refractivity contribution in [3.05, 3.63) is 172 Å². The van der Waals surface area contributed by atoms with E-state index in [1.165, 1.54) is 33.8 Å². The number of sulfonamides is 2. The molecular formula is C75H79N11O10S5. The number of esters is 1. The second kappa shape index (κ2) is 32.4. The first kappa shape index (κ1) is 73.4. The Labute approximate surface area is 601 Å². The van der Waals surface area contributed by atoms with Crippen LogP contribution in [0.1, 0.15) is 142 Å². The molecule has 3 atom stereocenters. The molecule has 0 bridgehead atoms. The van der Waals surface area contributed by atoms with E-state index in [2.05, 4.69) is 75.7 Å². The van der Waals surface area contributed by atoms with Gasteiger partial charge in [-0.1, -0.05) is 65.9 Å². The topological polar surface area (TPSA) is 319 Å². The number of benzene rings is 6. The molecule has 1 aliphatic heterocycles. The average Bonchev–Trinajstić information content (AvgIpc) is 1.65. The monoisotopic (exact) mass is 1450 g/mol. The maximum atomic E-state index is 12.9. The average molecular weight is 1450 g/mol. The van der Waals surface area contributed by atoms with Gasteiger partial charge in [-0.15, -0.1) is 32.9 Å². The van der Waals surface area contributed by atoms with Gasteiger partial charge in [-0.3, -0.25) is 4.79 Å². The number of piperidine rings is 1. The fourth-order valence-corrected chi connectivity index (χ4v) is 18.2. The highest BCUT2D eigenvalue weighted by molar-refractivity contribution is 7.90. The van der Waals surface area contributed by atoms with E-state index >= 15 is 0 Å². The number of ether oxygens (including phenoxy) is 4. The molecule has 21 nitrogen and oxygen atoms in total. The SMILES string of the molecule is CC(C)Oc1ccc(-c2ncc(-c3cccc4c3CC[C@@H]4NS(=O)(=O)CCN3CCC(O)CC3)s2)cc1C#N.CC(C)Oc1ccc(-c2nnc(-c3cccc4c3CC[C@H]4N)s2)cc1C#N.COC(=O)CS(=O)(=O)N[C@@H]1CCc2c(-c3cnc(-c4ccc(OC(C)C)c(C#N)c4)s3)cccc21. The molecule has 26 heteroatoms. The van der Waals surface area contributed by atoms with Crippen molar-refractivity contribution in [2.75, 3.05) is 38.2 Å². The molecular weight excluding hydrogens is 1380 g/mol. The Morgan fingerprint density at radius 3 is 1.47 bits per heavy atom. The van der Waals surface area contributed by atoms with Crippen LogP contribution < -0.4 is 29.4 Å². The number of hydrogen-bond donors (Lipinski definition) is 4. The van der Waals surface area contributed by atoms with E-state index in [1.807, 2.05) is 127 Å². The number of nitrogens with one attached hydrogen (secondary N) is 2. The molecule has 3 aliphatic carbocycles. The number of aliphatic hydroxyl groups excluding tert-OH is 1. The van der Waals surface area contributed by atoms with Gasteiger partial charge in [0.25, 0.3) is 0 Å². The Balaban J connectivity index is 0.000000155. The summed E-state index contributed by atoms with van der Waals surface area (Å²) in [5.41, 5.74) is 20.0. The van der Waals surface area contributed by atoms with Crippen LogP contribution in [0.15, 0.2) is 122 Å². The van der Waals surface area contributed by atoms with Gasteiger partial charge in [-0.25, -0.2) is 36.2 Å². The molecule has 4 aliphatic rings. The number of nitriles is 3. The highest BCUT2D eigenvalue weighted by Gasteiger charge is 2.33. The normalized spacial score (nSPS) is 16.4. The summed E-state index contributed by atoms with van der Waals surface area (Å²) in [5, 5.41) is 50.3. The van der Waals surface area contributed by atoms with E-state index in [4.69, 9.17) is 19.9 Å². The Morgan fingerprint density at radius 2 is 1.00 bits per heavy atom. The zero-order valence-corrected chi connectivity index (χ0v) is 61.2. The third-order valence-corrected chi connectivity index (χ3v) is 23.4.